The van der Waals surface area contributed by atoms with Crippen LogP contribution in [0.15, 0.2) is 66.7 Å². The second-order valence-electron chi connectivity index (χ2n) is 8.63. The van der Waals surface area contributed by atoms with Gasteiger partial charge in [-0.3, -0.25) is 4.90 Å². The van der Waals surface area contributed by atoms with Crippen molar-refractivity contribution in [2.75, 3.05) is 13.6 Å². The molecule has 2 N–H and O–H groups in total. The third-order valence-electron chi connectivity index (χ3n) is 7.04. The molecule has 0 aromatic heterocycles. The number of phenolic OH excluding ortho intramolecular Hbond substituents is 2. The molecule has 0 bridgehead atoms. The molecule has 0 saturated heterocycles. The first-order valence-electron chi connectivity index (χ1n) is 10.5. The Labute approximate surface area is 184 Å². The number of nitrogens with zero attached hydrogens (tertiary/aromatic N) is 1. The van der Waals surface area contributed by atoms with Crippen molar-refractivity contribution in [3.05, 3.63) is 83.4 Å². The highest BCUT2D eigenvalue weighted by Crippen LogP contribution is 2.56. The molecule has 5 rings (SSSR count). The van der Waals surface area contributed by atoms with Gasteiger partial charge in [0.1, 0.15) is 0 Å². The standard InChI is InChI=1S/C26H27NO2.ClH/c1-27-15-12-20-16-23(28)24(29)17-22(20)25(27)26(13-5-14-26)21-10-8-19(9-11-21)18-6-3-2-4-7-18;/h2-4,6-11,16-17,25,28-29H,5,12-15H2,1H3;1H. The lowest BCUT2D eigenvalue weighted by Gasteiger charge is -2.53. The van der Waals surface area contributed by atoms with Gasteiger partial charge in [0.15, 0.2) is 11.5 Å². The molecule has 1 unspecified atom stereocenters. The van der Waals surface area contributed by atoms with Crippen molar-refractivity contribution in [1.82, 2.24) is 4.90 Å². The molecule has 1 heterocycles. The first kappa shape index (κ1) is 20.8. The highest BCUT2D eigenvalue weighted by molar-refractivity contribution is 5.85. The minimum atomic E-state index is -0.0158. The number of benzene rings is 3. The fourth-order valence-electron chi connectivity index (χ4n) is 5.39. The van der Waals surface area contributed by atoms with Crippen LogP contribution in [0.2, 0.25) is 0 Å². The summed E-state index contributed by atoms with van der Waals surface area (Å²) in [4.78, 5) is 2.43. The van der Waals surface area contributed by atoms with E-state index in [0.29, 0.717) is 0 Å². The topological polar surface area (TPSA) is 43.7 Å². The van der Waals surface area contributed by atoms with Crippen LogP contribution in [0.5, 0.6) is 11.5 Å². The Morgan fingerprint density at radius 2 is 1.50 bits per heavy atom. The maximum absolute atomic E-state index is 10.2. The Hall–Kier alpha value is -2.49. The summed E-state index contributed by atoms with van der Waals surface area (Å²) in [6.07, 6.45) is 4.42. The Morgan fingerprint density at radius 1 is 0.867 bits per heavy atom. The van der Waals surface area contributed by atoms with E-state index in [-0.39, 0.29) is 35.4 Å². The van der Waals surface area contributed by atoms with Crippen LogP contribution >= 0.6 is 12.4 Å². The molecule has 156 valence electrons. The van der Waals surface area contributed by atoms with Gasteiger partial charge in [-0.2, -0.15) is 0 Å². The number of hydrogen-bond donors (Lipinski definition) is 2. The maximum atomic E-state index is 10.2. The van der Waals surface area contributed by atoms with Gasteiger partial charge in [0, 0.05) is 18.0 Å². The first-order valence-corrected chi connectivity index (χ1v) is 10.5. The molecule has 1 aliphatic heterocycles. The minimum absolute atomic E-state index is 0. The van der Waals surface area contributed by atoms with E-state index in [4.69, 9.17) is 0 Å². The van der Waals surface area contributed by atoms with Gasteiger partial charge in [0.05, 0.1) is 0 Å². The Morgan fingerprint density at radius 3 is 2.13 bits per heavy atom. The molecule has 0 radical (unpaired) electrons. The van der Waals surface area contributed by atoms with Crippen LogP contribution in [0.25, 0.3) is 11.1 Å². The van der Waals surface area contributed by atoms with Crippen LogP contribution in [-0.4, -0.2) is 28.7 Å². The average Bonchev–Trinajstić information content (AvgIpc) is 2.71. The Bertz CT molecular complexity index is 1030. The molecule has 1 fully saturated rings. The Balaban J connectivity index is 0.00000218. The van der Waals surface area contributed by atoms with Crippen molar-refractivity contribution in [2.45, 2.75) is 37.1 Å². The summed E-state index contributed by atoms with van der Waals surface area (Å²) in [5.41, 5.74) is 6.24. The van der Waals surface area contributed by atoms with Crippen LogP contribution in [-0.2, 0) is 11.8 Å². The monoisotopic (exact) mass is 421 g/mol. The third-order valence-corrected chi connectivity index (χ3v) is 7.04. The lowest BCUT2D eigenvalue weighted by atomic mass is 9.57. The number of hydrogen-bond acceptors (Lipinski definition) is 3. The summed E-state index contributed by atoms with van der Waals surface area (Å²) >= 11 is 0. The molecule has 3 aromatic rings. The second kappa shape index (κ2) is 7.98. The molecule has 0 spiro atoms. The summed E-state index contributed by atoms with van der Waals surface area (Å²) in [6.45, 7) is 0.964. The van der Waals surface area contributed by atoms with E-state index in [1.54, 1.807) is 12.1 Å². The van der Waals surface area contributed by atoms with Crippen molar-refractivity contribution < 1.29 is 10.2 Å². The van der Waals surface area contributed by atoms with Crippen molar-refractivity contribution >= 4 is 12.4 Å². The zero-order valence-electron chi connectivity index (χ0n) is 17.2. The van der Waals surface area contributed by atoms with E-state index in [9.17, 15) is 10.2 Å². The highest BCUT2D eigenvalue weighted by atomic mass is 35.5. The molecule has 30 heavy (non-hydrogen) atoms. The lowest BCUT2D eigenvalue weighted by molar-refractivity contribution is 0.0715. The molecule has 3 nitrogen and oxygen atoms in total. The fraction of sp³-hybridized carbons (Fsp3) is 0.308. The van der Waals surface area contributed by atoms with Crippen LogP contribution in [0, 0.1) is 0 Å². The normalized spacial score (nSPS) is 20.0. The van der Waals surface area contributed by atoms with Crippen LogP contribution in [0.3, 0.4) is 0 Å². The first-order chi connectivity index (χ1) is 14.1. The molecule has 2 aliphatic rings. The molecule has 3 aromatic carbocycles. The van der Waals surface area contributed by atoms with Crippen molar-refractivity contribution in [3.8, 4) is 22.6 Å². The molecule has 1 aliphatic carbocycles. The SMILES string of the molecule is CN1CCc2cc(O)c(O)cc2C1C1(c2ccc(-c3ccccc3)cc2)CCC1.Cl. The number of rotatable bonds is 3. The third kappa shape index (κ3) is 3.27. The van der Waals surface area contributed by atoms with Gasteiger partial charge in [-0.05, 0) is 66.3 Å². The summed E-state index contributed by atoms with van der Waals surface area (Å²) in [5.74, 6) is -0.0279. The van der Waals surface area contributed by atoms with Gasteiger partial charge in [0.2, 0.25) is 0 Å². The zero-order chi connectivity index (χ0) is 20.0. The van der Waals surface area contributed by atoms with Gasteiger partial charge in [-0.15, -0.1) is 12.4 Å². The van der Waals surface area contributed by atoms with Gasteiger partial charge in [0.25, 0.3) is 0 Å². The summed E-state index contributed by atoms with van der Waals surface area (Å²) in [5, 5.41) is 20.2. The predicted octanol–water partition coefficient (Wildman–Crippen LogP) is 5.84. The van der Waals surface area contributed by atoms with E-state index in [2.05, 4.69) is 60.5 Å². The number of halogens is 1. The Kier molecular flexibility index (Phi) is 5.52. The van der Waals surface area contributed by atoms with Crippen LogP contribution in [0.4, 0.5) is 0 Å². The molecule has 1 atom stereocenters. The number of aromatic hydroxyl groups is 2. The zero-order valence-corrected chi connectivity index (χ0v) is 18.0. The van der Waals surface area contributed by atoms with E-state index in [1.807, 2.05) is 6.07 Å². The fourth-order valence-corrected chi connectivity index (χ4v) is 5.39. The molecule has 4 heteroatoms. The minimum Gasteiger partial charge on any atom is -0.504 e. The van der Waals surface area contributed by atoms with Crippen molar-refractivity contribution in [3.63, 3.8) is 0 Å². The summed E-state index contributed by atoms with van der Waals surface area (Å²) < 4.78 is 0. The quantitative estimate of drug-likeness (QED) is 0.522. The van der Waals surface area contributed by atoms with Gasteiger partial charge in [-0.25, -0.2) is 0 Å². The molecule has 0 amide bonds. The average molecular weight is 422 g/mol. The van der Waals surface area contributed by atoms with Gasteiger partial charge in [-0.1, -0.05) is 61.0 Å². The lowest BCUT2D eigenvalue weighted by Crippen LogP contribution is -2.49. The van der Waals surface area contributed by atoms with Gasteiger partial charge < -0.3 is 10.2 Å². The smallest absolute Gasteiger partial charge is 0.157 e. The number of phenols is 2. The van der Waals surface area contributed by atoms with Crippen molar-refractivity contribution in [1.29, 1.82) is 0 Å². The van der Waals surface area contributed by atoms with E-state index >= 15 is 0 Å². The van der Waals surface area contributed by atoms with E-state index in [0.717, 1.165) is 31.4 Å². The molecular formula is C26H28ClNO2. The van der Waals surface area contributed by atoms with Crippen LogP contribution in [0.1, 0.15) is 42.0 Å². The number of fused-ring (bicyclic) bond motifs is 1. The highest BCUT2D eigenvalue weighted by Gasteiger charge is 2.49. The predicted molar refractivity (Wildman–Crippen MR) is 124 cm³/mol. The summed E-state index contributed by atoms with van der Waals surface area (Å²) in [6, 6.07) is 23.3. The van der Waals surface area contributed by atoms with E-state index in [1.165, 1.54) is 28.7 Å². The van der Waals surface area contributed by atoms with Gasteiger partial charge >= 0.3 is 0 Å². The summed E-state index contributed by atoms with van der Waals surface area (Å²) in [7, 11) is 2.19. The molecular weight excluding hydrogens is 394 g/mol. The largest absolute Gasteiger partial charge is 0.504 e. The second-order valence-corrected chi connectivity index (χ2v) is 8.63. The maximum Gasteiger partial charge on any atom is 0.157 e. The van der Waals surface area contributed by atoms with Crippen molar-refractivity contribution in [2.24, 2.45) is 0 Å². The number of likely N-dealkylation sites (N-methyl/N-ethyl adjacent to an activating group) is 1. The van der Waals surface area contributed by atoms with E-state index < -0.39 is 0 Å². The van der Waals surface area contributed by atoms with Crippen LogP contribution < -0.4 is 0 Å². The molecule has 1 saturated carbocycles.